The number of hydrogen-bond acceptors (Lipinski definition) is 3. The molecule has 0 unspecified atom stereocenters. The van der Waals surface area contributed by atoms with Crippen molar-refractivity contribution in [3.05, 3.63) is 60.8 Å². The van der Waals surface area contributed by atoms with Crippen molar-refractivity contribution in [1.29, 1.82) is 0 Å². The molecule has 122 valence electrons. The number of aromatic nitrogens is 3. The molecular formula is C19H18FN3O. The lowest BCUT2D eigenvalue weighted by molar-refractivity contribution is 0.273. The van der Waals surface area contributed by atoms with E-state index in [0.717, 1.165) is 22.3 Å². The van der Waals surface area contributed by atoms with Gasteiger partial charge in [-0.2, -0.15) is 0 Å². The molecule has 2 heterocycles. The molecule has 4 rings (SSSR count). The number of fused-ring (bicyclic) bond motifs is 3. The normalized spacial score (nSPS) is 10.7. The number of para-hydroxylation sites is 2. The van der Waals surface area contributed by atoms with Crippen LogP contribution in [0.5, 0.6) is 5.75 Å². The summed E-state index contributed by atoms with van der Waals surface area (Å²) in [5.41, 5.74) is 3.76. The zero-order valence-electron chi connectivity index (χ0n) is 12.3. The average molecular weight is 323 g/mol. The third-order valence-electron chi connectivity index (χ3n) is 3.68. The number of ether oxygens (including phenoxy) is 1. The number of hydrogen-bond donors (Lipinski definition) is 0. The van der Waals surface area contributed by atoms with Crippen LogP contribution in [0.1, 0.15) is 7.43 Å². The summed E-state index contributed by atoms with van der Waals surface area (Å²) in [5, 5.41) is 0. The standard InChI is InChI=1S/C18H14FN3O.CH4/c19-10-12-23-14-7-5-13(6-8-14)15-9-11-22-17-4-2-1-3-16(17)21-18(22)20-15;/h1-9,11H,10,12H2;1H4. The summed E-state index contributed by atoms with van der Waals surface area (Å²) < 4.78 is 19.3. The highest BCUT2D eigenvalue weighted by Crippen LogP contribution is 2.23. The number of rotatable bonds is 4. The molecule has 2 aromatic carbocycles. The van der Waals surface area contributed by atoms with E-state index in [2.05, 4.69) is 9.97 Å². The van der Waals surface area contributed by atoms with Crippen LogP contribution >= 0.6 is 0 Å². The molecule has 0 fully saturated rings. The van der Waals surface area contributed by atoms with Crippen LogP contribution < -0.4 is 4.74 Å². The maximum Gasteiger partial charge on any atom is 0.235 e. The van der Waals surface area contributed by atoms with Gasteiger partial charge in [0.25, 0.3) is 0 Å². The molecule has 4 nitrogen and oxygen atoms in total. The third-order valence-corrected chi connectivity index (χ3v) is 3.68. The summed E-state index contributed by atoms with van der Waals surface area (Å²) in [6.07, 6.45) is 1.97. The van der Waals surface area contributed by atoms with Crippen LogP contribution in [-0.4, -0.2) is 27.7 Å². The Labute approximate surface area is 139 Å². The minimum Gasteiger partial charge on any atom is -0.491 e. The van der Waals surface area contributed by atoms with Gasteiger partial charge in [0.15, 0.2) is 0 Å². The third kappa shape index (κ3) is 2.80. The molecule has 0 aliphatic carbocycles. The SMILES string of the molecule is C.FCCOc1ccc(-c2ccn3c(n2)nc2ccccc23)cc1. The Hall–Kier alpha value is -2.95. The van der Waals surface area contributed by atoms with Gasteiger partial charge in [0.1, 0.15) is 19.0 Å². The summed E-state index contributed by atoms with van der Waals surface area (Å²) in [5.74, 6) is 1.32. The Kier molecular flexibility index (Phi) is 4.42. The van der Waals surface area contributed by atoms with E-state index >= 15 is 0 Å². The molecule has 5 heteroatoms. The van der Waals surface area contributed by atoms with Crippen LogP contribution in [0.15, 0.2) is 60.8 Å². The van der Waals surface area contributed by atoms with E-state index in [9.17, 15) is 4.39 Å². The van der Waals surface area contributed by atoms with E-state index in [1.54, 1.807) is 0 Å². The molecule has 0 atom stereocenters. The Morgan fingerprint density at radius 3 is 2.54 bits per heavy atom. The second kappa shape index (κ2) is 6.66. The second-order valence-corrected chi connectivity index (χ2v) is 5.15. The van der Waals surface area contributed by atoms with Crippen LogP contribution in [0.2, 0.25) is 0 Å². The highest BCUT2D eigenvalue weighted by atomic mass is 19.1. The van der Waals surface area contributed by atoms with Gasteiger partial charge in [-0.1, -0.05) is 19.6 Å². The van der Waals surface area contributed by atoms with Gasteiger partial charge in [0, 0.05) is 11.8 Å². The average Bonchev–Trinajstić information content (AvgIpc) is 2.98. The molecule has 0 saturated carbocycles. The Morgan fingerprint density at radius 1 is 0.958 bits per heavy atom. The zero-order valence-corrected chi connectivity index (χ0v) is 12.3. The first-order chi connectivity index (χ1) is 11.3. The van der Waals surface area contributed by atoms with Gasteiger partial charge in [0.05, 0.1) is 16.7 Å². The second-order valence-electron chi connectivity index (χ2n) is 5.15. The number of benzene rings is 2. The summed E-state index contributed by atoms with van der Waals surface area (Å²) in [6, 6.07) is 17.4. The molecule has 0 N–H and O–H groups in total. The van der Waals surface area contributed by atoms with Gasteiger partial charge in [-0.3, -0.25) is 4.40 Å². The van der Waals surface area contributed by atoms with Gasteiger partial charge in [-0.25, -0.2) is 14.4 Å². The fraction of sp³-hybridized carbons (Fsp3) is 0.158. The monoisotopic (exact) mass is 323 g/mol. The van der Waals surface area contributed by atoms with Crippen LogP contribution in [0.4, 0.5) is 4.39 Å². The van der Waals surface area contributed by atoms with Crippen molar-refractivity contribution in [2.24, 2.45) is 0 Å². The van der Waals surface area contributed by atoms with Crippen molar-refractivity contribution in [3.63, 3.8) is 0 Å². The first-order valence-corrected chi connectivity index (χ1v) is 7.38. The minimum atomic E-state index is -0.493. The number of alkyl halides is 1. The number of halogens is 1. The fourth-order valence-corrected chi connectivity index (χ4v) is 2.59. The van der Waals surface area contributed by atoms with Crippen molar-refractivity contribution < 1.29 is 9.13 Å². The lowest BCUT2D eigenvalue weighted by Crippen LogP contribution is -1.98. The van der Waals surface area contributed by atoms with Crippen LogP contribution in [0, 0.1) is 0 Å². The van der Waals surface area contributed by atoms with Gasteiger partial charge in [-0.05, 0) is 42.5 Å². The molecular weight excluding hydrogens is 305 g/mol. The van der Waals surface area contributed by atoms with E-state index in [1.807, 2.05) is 65.2 Å². The highest BCUT2D eigenvalue weighted by Gasteiger charge is 2.07. The van der Waals surface area contributed by atoms with Crippen molar-refractivity contribution in [1.82, 2.24) is 14.4 Å². The molecule has 0 amide bonds. The largest absolute Gasteiger partial charge is 0.491 e. The maximum atomic E-state index is 12.1. The van der Waals surface area contributed by atoms with E-state index < -0.39 is 6.67 Å². The van der Waals surface area contributed by atoms with Gasteiger partial charge >= 0.3 is 0 Å². The molecule has 0 spiro atoms. The highest BCUT2D eigenvalue weighted by molar-refractivity contribution is 5.79. The lowest BCUT2D eigenvalue weighted by atomic mass is 10.1. The predicted molar refractivity (Wildman–Crippen MR) is 94.1 cm³/mol. The topological polar surface area (TPSA) is 39.4 Å². The molecule has 0 saturated heterocycles. The van der Waals surface area contributed by atoms with Gasteiger partial charge in [0.2, 0.25) is 5.78 Å². The van der Waals surface area contributed by atoms with Crippen LogP contribution in [0.3, 0.4) is 0 Å². The quantitative estimate of drug-likeness (QED) is 0.554. The Balaban J connectivity index is 0.00000169. The van der Waals surface area contributed by atoms with E-state index in [1.165, 1.54) is 0 Å². The smallest absolute Gasteiger partial charge is 0.235 e. The maximum absolute atomic E-state index is 12.1. The Bertz CT molecular complexity index is 963. The first-order valence-electron chi connectivity index (χ1n) is 7.38. The van der Waals surface area contributed by atoms with Crippen molar-refractivity contribution in [2.75, 3.05) is 13.3 Å². The lowest BCUT2D eigenvalue weighted by Gasteiger charge is -2.05. The van der Waals surface area contributed by atoms with Gasteiger partial charge in [-0.15, -0.1) is 0 Å². The van der Waals surface area contributed by atoms with E-state index in [0.29, 0.717) is 11.5 Å². The molecule has 0 radical (unpaired) electrons. The predicted octanol–water partition coefficient (Wildman–Crippen LogP) is 4.53. The van der Waals surface area contributed by atoms with Crippen LogP contribution in [0.25, 0.3) is 28.1 Å². The number of imidazole rings is 1. The summed E-state index contributed by atoms with van der Waals surface area (Å²) in [6.45, 7) is -0.419. The van der Waals surface area contributed by atoms with Gasteiger partial charge < -0.3 is 4.74 Å². The molecule has 24 heavy (non-hydrogen) atoms. The molecule has 0 bridgehead atoms. The summed E-state index contributed by atoms with van der Waals surface area (Å²) >= 11 is 0. The van der Waals surface area contributed by atoms with Crippen molar-refractivity contribution >= 4 is 16.8 Å². The molecule has 0 aliphatic heterocycles. The zero-order chi connectivity index (χ0) is 15.6. The van der Waals surface area contributed by atoms with Crippen molar-refractivity contribution in [3.8, 4) is 17.0 Å². The molecule has 4 aromatic rings. The van der Waals surface area contributed by atoms with Crippen LogP contribution in [-0.2, 0) is 0 Å². The van der Waals surface area contributed by atoms with E-state index in [-0.39, 0.29) is 14.0 Å². The van der Waals surface area contributed by atoms with E-state index in [4.69, 9.17) is 4.74 Å². The minimum absolute atomic E-state index is 0. The molecule has 2 aromatic heterocycles. The Morgan fingerprint density at radius 2 is 1.75 bits per heavy atom. The van der Waals surface area contributed by atoms with Crippen molar-refractivity contribution in [2.45, 2.75) is 7.43 Å². The fourth-order valence-electron chi connectivity index (χ4n) is 2.59. The number of nitrogens with zero attached hydrogens (tertiary/aromatic N) is 3. The summed E-state index contributed by atoms with van der Waals surface area (Å²) in [7, 11) is 0. The molecule has 0 aliphatic rings. The first kappa shape index (κ1) is 15.9. The summed E-state index contributed by atoms with van der Waals surface area (Å²) in [4.78, 5) is 9.17.